The van der Waals surface area contributed by atoms with Gasteiger partial charge in [-0.15, -0.1) is 0 Å². The van der Waals surface area contributed by atoms with E-state index in [2.05, 4.69) is 5.32 Å². The van der Waals surface area contributed by atoms with E-state index in [0.29, 0.717) is 5.69 Å². The second-order valence-corrected chi connectivity index (χ2v) is 5.22. The van der Waals surface area contributed by atoms with Crippen molar-refractivity contribution in [1.82, 2.24) is 0 Å². The third-order valence-electron chi connectivity index (χ3n) is 3.46. The van der Waals surface area contributed by atoms with Gasteiger partial charge in [0.1, 0.15) is 5.82 Å². The first-order chi connectivity index (χ1) is 9.49. The lowest BCUT2D eigenvalue weighted by Gasteiger charge is -2.23. The highest BCUT2D eigenvalue weighted by Gasteiger charge is 2.35. The Morgan fingerprint density at radius 3 is 2.75 bits per heavy atom. The number of aryl methyl sites for hydroxylation is 1. The van der Waals surface area contributed by atoms with Crippen LogP contribution in [0.1, 0.15) is 25.3 Å². The number of hydrogen-bond donors (Lipinski definition) is 1. The summed E-state index contributed by atoms with van der Waals surface area (Å²) in [4.78, 5) is 11.9. The molecule has 1 aromatic carbocycles. The van der Waals surface area contributed by atoms with E-state index >= 15 is 0 Å². The van der Waals surface area contributed by atoms with E-state index in [1.54, 1.807) is 13.0 Å². The minimum Gasteiger partial charge on any atom is -0.467 e. The van der Waals surface area contributed by atoms with Crippen molar-refractivity contribution >= 4 is 11.7 Å². The quantitative estimate of drug-likeness (QED) is 0.862. The van der Waals surface area contributed by atoms with Gasteiger partial charge in [-0.1, -0.05) is 0 Å². The third-order valence-corrected chi connectivity index (χ3v) is 3.46. The lowest BCUT2D eigenvalue weighted by molar-refractivity contribution is -0.144. The molecule has 20 heavy (non-hydrogen) atoms. The summed E-state index contributed by atoms with van der Waals surface area (Å²) in [5.74, 6) is -0.733. The Morgan fingerprint density at radius 2 is 2.20 bits per heavy atom. The number of rotatable bonds is 4. The van der Waals surface area contributed by atoms with Crippen LogP contribution in [0.4, 0.5) is 10.1 Å². The molecule has 0 bridgehead atoms. The van der Waals surface area contributed by atoms with Crippen LogP contribution in [0.25, 0.3) is 0 Å². The molecule has 1 fully saturated rings. The van der Waals surface area contributed by atoms with Crippen molar-refractivity contribution in [1.29, 1.82) is 0 Å². The summed E-state index contributed by atoms with van der Waals surface area (Å²) in [5, 5.41) is 3.03. The van der Waals surface area contributed by atoms with Crippen LogP contribution < -0.4 is 5.32 Å². The molecular formula is C15H20FNO3. The monoisotopic (exact) mass is 281 g/mol. The Bertz CT molecular complexity index is 472. The van der Waals surface area contributed by atoms with E-state index in [1.807, 2.05) is 6.92 Å². The molecule has 2 rings (SSSR count). The normalized spacial score (nSPS) is 23.4. The lowest BCUT2D eigenvalue weighted by atomic mass is 10.1. The fraction of sp³-hybridized carbons (Fsp3) is 0.533. The van der Waals surface area contributed by atoms with Crippen molar-refractivity contribution in [2.75, 3.05) is 12.4 Å². The predicted octanol–water partition coefficient (Wildman–Crippen LogP) is 2.66. The smallest absolute Gasteiger partial charge is 0.331 e. The maximum absolute atomic E-state index is 13.4. The number of hydrogen-bond acceptors (Lipinski definition) is 4. The van der Waals surface area contributed by atoms with E-state index < -0.39 is 12.0 Å². The minimum atomic E-state index is -0.619. The average Bonchev–Trinajstić information content (AvgIpc) is 2.80. The number of nitrogens with one attached hydrogen (secondary N) is 1. The van der Waals surface area contributed by atoms with Crippen molar-refractivity contribution in [2.45, 2.75) is 44.9 Å². The van der Waals surface area contributed by atoms with Crippen LogP contribution in [0.5, 0.6) is 0 Å². The molecule has 1 aromatic rings. The number of ether oxygens (including phenoxy) is 2. The van der Waals surface area contributed by atoms with Gasteiger partial charge in [-0.3, -0.25) is 0 Å². The molecular weight excluding hydrogens is 261 g/mol. The van der Waals surface area contributed by atoms with Gasteiger partial charge in [0.2, 0.25) is 0 Å². The summed E-state index contributed by atoms with van der Waals surface area (Å²) in [6.07, 6.45) is 1.56. The summed E-state index contributed by atoms with van der Waals surface area (Å²) in [6, 6.07) is 3.97. The second-order valence-electron chi connectivity index (χ2n) is 5.22. The van der Waals surface area contributed by atoms with Gasteiger partial charge in [0, 0.05) is 5.69 Å². The van der Waals surface area contributed by atoms with E-state index in [-0.39, 0.29) is 18.0 Å². The molecule has 0 aromatic heterocycles. The summed E-state index contributed by atoms with van der Waals surface area (Å²) < 4.78 is 24.0. The third kappa shape index (κ3) is 3.48. The van der Waals surface area contributed by atoms with Gasteiger partial charge < -0.3 is 14.8 Å². The van der Waals surface area contributed by atoms with Gasteiger partial charge in [-0.2, -0.15) is 0 Å². The van der Waals surface area contributed by atoms with Gasteiger partial charge in [-0.05, 0) is 50.5 Å². The van der Waals surface area contributed by atoms with Crippen LogP contribution in [-0.4, -0.2) is 31.3 Å². The maximum atomic E-state index is 13.4. The SMILES string of the molecule is COC(=O)C(Nc1cc(C)cc(F)c1)C1CCC(C)O1. The van der Waals surface area contributed by atoms with E-state index in [4.69, 9.17) is 9.47 Å². The van der Waals surface area contributed by atoms with Crippen molar-refractivity contribution in [3.63, 3.8) is 0 Å². The molecule has 4 nitrogen and oxygen atoms in total. The summed E-state index contributed by atoms with van der Waals surface area (Å²) in [5.41, 5.74) is 1.35. The molecule has 0 radical (unpaired) electrons. The minimum absolute atomic E-state index is 0.128. The van der Waals surface area contributed by atoms with Crippen LogP contribution in [0.2, 0.25) is 0 Å². The molecule has 0 aliphatic carbocycles. The molecule has 1 saturated heterocycles. The van der Waals surface area contributed by atoms with Gasteiger partial charge in [0.25, 0.3) is 0 Å². The number of anilines is 1. The van der Waals surface area contributed by atoms with E-state index in [9.17, 15) is 9.18 Å². The van der Waals surface area contributed by atoms with Crippen LogP contribution in [0.15, 0.2) is 18.2 Å². The zero-order chi connectivity index (χ0) is 14.7. The van der Waals surface area contributed by atoms with Crippen molar-refractivity contribution in [3.8, 4) is 0 Å². The van der Waals surface area contributed by atoms with Crippen molar-refractivity contribution < 1.29 is 18.7 Å². The molecule has 1 aliphatic rings. The molecule has 1 aliphatic heterocycles. The van der Waals surface area contributed by atoms with E-state index in [0.717, 1.165) is 18.4 Å². The Hall–Kier alpha value is -1.62. The average molecular weight is 281 g/mol. The van der Waals surface area contributed by atoms with Crippen LogP contribution in [0, 0.1) is 12.7 Å². The Morgan fingerprint density at radius 1 is 1.45 bits per heavy atom. The van der Waals surface area contributed by atoms with Gasteiger partial charge in [-0.25, -0.2) is 9.18 Å². The Labute approximate surface area is 118 Å². The molecule has 110 valence electrons. The number of benzene rings is 1. The summed E-state index contributed by atoms with van der Waals surface area (Å²) in [7, 11) is 1.34. The molecule has 5 heteroatoms. The van der Waals surface area contributed by atoms with Crippen LogP contribution in [0.3, 0.4) is 0 Å². The number of carbonyl (C=O) groups is 1. The second kappa shape index (κ2) is 6.22. The lowest BCUT2D eigenvalue weighted by Crippen LogP contribution is -2.41. The first-order valence-electron chi connectivity index (χ1n) is 6.76. The van der Waals surface area contributed by atoms with Gasteiger partial charge in [0.05, 0.1) is 19.3 Å². The first-order valence-corrected chi connectivity index (χ1v) is 6.76. The molecule has 0 spiro atoms. The highest BCUT2D eigenvalue weighted by molar-refractivity contribution is 5.80. The highest BCUT2D eigenvalue weighted by Crippen LogP contribution is 2.25. The number of esters is 1. The van der Waals surface area contributed by atoms with Gasteiger partial charge >= 0.3 is 5.97 Å². The fourth-order valence-electron chi connectivity index (χ4n) is 2.51. The Kier molecular flexibility index (Phi) is 4.60. The topological polar surface area (TPSA) is 47.6 Å². The molecule has 1 heterocycles. The maximum Gasteiger partial charge on any atom is 0.331 e. The number of methoxy groups -OCH3 is 1. The fourth-order valence-corrected chi connectivity index (χ4v) is 2.51. The van der Waals surface area contributed by atoms with Gasteiger partial charge in [0.15, 0.2) is 6.04 Å². The molecule has 0 saturated carbocycles. The number of carbonyl (C=O) groups excluding carboxylic acids is 1. The van der Waals surface area contributed by atoms with E-state index in [1.165, 1.54) is 19.2 Å². The van der Waals surface area contributed by atoms with Crippen molar-refractivity contribution in [2.24, 2.45) is 0 Å². The molecule has 1 N–H and O–H groups in total. The first kappa shape index (κ1) is 14.8. The predicted molar refractivity (Wildman–Crippen MR) is 74.1 cm³/mol. The van der Waals surface area contributed by atoms with Crippen molar-refractivity contribution in [3.05, 3.63) is 29.6 Å². The zero-order valence-corrected chi connectivity index (χ0v) is 12.0. The Balaban J connectivity index is 2.17. The molecule has 0 amide bonds. The summed E-state index contributed by atoms with van der Waals surface area (Å²) >= 11 is 0. The zero-order valence-electron chi connectivity index (χ0n) is 12.0. The summed E-state index contributed by atoms with van der Waals surface area (Å²) in [6.45, 7) is 3.77. The standard InChI is InChI=1S/C15H20FNO3/c1-9-6-11(16)8-12(7-9)17-14(15(18)19-3)13-5-4-10(2)20-13/h6-8,10,13-14,17H,4-5H2,1-3H3. The molecule has 3 unspecified atom stereocenters. The molecule has 3 atom stereocenters. The highest BCUT2D eigenvalue weighted by atomic mass is 19.1. The largest absolute Gasteiger partial charge is 0.467 e. The van der Waals surface area contributed by atoms with Crippen LogP contribution in [-0.2, 0) is 14.3 Å². The number of halogens is 1. The van der Waals surface area contributed by atoms with Crippen LogP contribution >= 0.6 is 0 Å².